The Morgan fingerprint density at radius 2 is 2.09 bits per heavy atom. The van der Waals surface area contributed by atoms with Gasteiger partial charge in [-0.25, -0.2) is 9.59 Å². The summed E-state index contributed by atoms with van der Waals surface area (Å²) in [6.07, 6.45) is 0.658. The predicted octanol–water partition coefficient (Wildman–Crippen LogP) is 2.47. The van der Waals surface area contributed by atoms with Crippen LogP contribution in [0.5, 0.6) is 5.75 Å². The molecule has 0 fully saturated rings. The third-order valence-electron chi connectivity index (χ3n) is 3.14. The third kappa shape index (κ3) is 3.88. The molecule has 0 saturated carbocycles. The summed E-state index contributed by atoms with van der Waals surface area (Å²) < 4.78 is 15.0. The van der Waals surface area contributed by atoms with Crippen LogP contribution < -0.4 is 15.7 Å². The molecule has 2 rings (SSSR count). The molecule has 0 unspecified atom stereocenters. The van der Waals surface area contributed by atoms with E-state index in [0.29, 0.717) is 17.6 Å². The van der Waals surface area contributed by atoms with Crippen molar-refractivity contribution >= 4 is 23.0 Å². The molecular weight excluding hydrogens is 302 g/mol. The lowest BCUT2D eigenvalue weighted by Crippen LogP contribution is -2.34. The topological polar surface area (TPSA) is 94.8 Å². The fourth-order valence-electron chi connectivity index (χ4n) is 1.94. The number of nitrogens with one attached hydrogen (secondary N) is 1. The summed E-state index contributed by atoms with van der Waals surface area (Å²) in [5, 5.41) is 2.51. The van der Waals surface area contributed by atoms with Gasteiger partial charge in [-0.05, 0) is 18.6 Å². The minimum absolute atomic E-state index is 0.207. The van der Waals surface area contributed by atoms with Crippen molar-refractivity contribution < 1.29 is 23.5 Å². The van der Waals surface area contributed by atoms with Gasteiger partial charge in [-0.1, -0.05) is 25.5 Å². The summed E-state index contributed by atoms with van der Waals surface area (Å²) in [6.45, 7) is 2.15. The van der Waals surface area contributed by atoms with Gasteiger partial charge in [-0.15, -0.1) is 0 Å². The fourth-order valence-corrected chi connectivity index (χ4v) is 1.94. The van der Waals surface area contributed by atoms with Gasteiger partial charge in [0.05, 0.1) is 13.7 Å². The van der Waals surface area contributed by atoms with Crippen molar-refractivity contribution in [2.45, 2.75) is 19.8 Å². The van der Waals surface area contributed by atoms with E-state index in [2.05, 4.69) is 0 Å². The van der Waals surface area contributed by atoms with Crippen LogP contribution in [0.1, 0.15) is 30.1 Å². The van der Waals surface area contributed by atoms with Crippen molar-refractivity contribution in [2.24, 2.45) is 0 Å². The molecule has 0 saturated heterocycles. The second-order valence-corrected chi connectivity index (χ2v) is 4.77. The van der Waals surface area contributed by atoms with E-state index < -0.39 is 17.6 Å². The average Bonchev–Trinajstić information content (AvgIpc) is 2.53. The fraction of sp³-hybridized carbons (Fsp3) is 0.312. The first-order chi connectivity index (χ1) is 11.1. The molecule has 0 atom stereocenters. The number of unbranched alkanes of at least 4 members (excludes halogenated alkanes) is 1. The number of carbonyl (C=O) groups is 2. The van der Waals surface area contributed by atoms with Crippen LogP contribution >= 0.6 is 0 Å². The zero-order valence-electron chi connectivity index (χ0n) is 12.9. The Morgan fingerprint density at radius 3 is 2.78 bits per heavy atom. The first-order valence-electron chi connectivity index (χ1n) is 7.15. The second kappa shape index (κ2) is 7.44. The Hall–Kier alpha value is -2.83. The molecule has 0 aliphatic heterocycles. The van der Waals surface area contributed by atoms with Crippen molar-refractivity contribution in [1.82, 2.24) is 5.32 Å². The lowest BCUT2D eigenvalue weighted by atomic mass is 10.1. The van der Waals surface area contributed by atoms with E-state index in [-0.39, 0.29) is 17.8 Å². The van der Waals surface area contributed by atoms with Gasteiger partial charge in [0.1, 0.15) is 5.56 Å². The molecule has 1 N–H and O–H groups in total. The largest absolute Gasteiger partial charge is 0.493 e. The van der Waals surface area contributed by atoms with Gasteiger partial charge in [-0.3, -0.25) is 10.1 Å². The summed E-state index contributed by atoms with van der Waals surface area (Å²) in [7, 11) is 1.45. The number of ether oxygens (including phenoxy) is 2. The van der Waals surface area contributed by atoms with Crippen LogP contribution in [0, 0.1) is 0 Å². The van der Waals surface area contributed by atoms with Crippen molar-refractivity contribution in [2.75, 3.05) is 13.7 Å². The molecule has 1 aromatic carbocycles. The van der Waals surface area contributed by atoms with Crippen molar-refractivity contribution in [3.8, 4) is 5.75 Å². The molecule has 0 aliphatic rings. The summed E-state index contributed by atoms with van der Waals surface area (Å²) in [6, 6.07) is 6.34. The van der Waals surface area contributed by atoms with Gasteiger partial charge < -0.3 is 13.9 Å². The first-order valence-corrected chi connectivity index (χ1v) is 7.15. The van der Waals surface area contributed by atoms with E-state index in [1.165, 1.54) is 13.2 Å². The summed E-state index contributed by atoms with van der Waals surface area (Å²) in [5.41, 5.74) is -0.902. The lowest BCUT2D eigenvalue weighted by Gasteiger charge is -2.07. The standard InChI is InChI=1S/C16H17NO6/c1-3-4-8-22-16(20)17-14(18)11-9-10-6-5-7-12(21-2)13(10)23-15(11)19/h5-7,9H,3-4,8H2,1-2H3,(H,17,18,20). The maximum Gasteiger partial charge on any atom is 0.414 e. The molecule has 0 spiro atoms. The summed E-state index contributed by atoms with van der Waals surface area (Å²) in [5.74, 6) is -0.490. The Kier molecular flexibility index (Phi) is 5.35. The van der Waals surface area contributed by atoms with Gasteiger partial charge >= 0.3 is 11.7 Å². The Labute approximate surface area is 132 Å². The van der Waals surface area contributed by atoms with Crippen LogP contribution in [0.15, 0.2) is 33.5 Å². The van der Waals surface area contributed by atoms with Gasteiger partial charge in [0, 0.05) is 5.39 Å². The van der Waals surface area contributed by atoms with E-state index in [0.717, 1.165) is 6.42 Å². The number of alkyl carbamates (subject to hydrolysis) is 1. The van der Waals surface area contributed by atoms with Crippen LogP contribution in [-0.2, 0) is 4.74 Å². The number of fused-ring (bicyclic) bond motifs is 1. The molecule has 1 aromatic heterocycles. The van der Waals surface area contributed by atoms with Crippen LogP contribution in [0.4, 0.5) is 4.79 Å². The molecule has 2 aromatic rings. The van der Waals surface area contributed by atoms with Crippen molar-refractivity contribution in [3.05, 3.63) is 40.2 Å². The van der Waals surface area contributed by atoms with Crippen molar-refractivity contribution in [1.29, 1.82) is 0 Å². The summed E-state index contributed by atoms with van der Waals surface area (Å²) >= 11 is 0. The molecule has 2 amide bonds. The number of rotatable bonds is 5. The molecule has 1 heterocycles. The summed E-state index contributed by atoms with van der Waals surface area (Å²) in [4.78, 5) is 35.4. The van der Waals surface area contributed by atoms with E-state index >= 15 is 0 Å². The number of hydrogen-bond donors (Lipinski definition) is 1. The molecule has 0 radical (unpaired) electrons. The van der Waals surface area contributed by atoms with Gasteiger partial charge in [0.25, 0.3) is 5.91 Å². The highest BCUT2D eigenvalue weighted by atomic mass is 16.5. The van der Waals surface area contributed by atoms with Gasteiger partial charge in [0.2, 0.25) is 0 Å². The SMILES string of the molecule is CCCCOC(=O)NC(=O)c1cc2cccc(OC)c2oc1=O. The number of amides is 2. The molecular formula is C16H17NO6. The number of imide groups is 1. The van der Waals surface area contributed by atoms with Gasteiger partial charge in [0.15, 0.2) is 11.3 Å². The van der Waals surface area contributed by atoms with Gasteiger partial charge in [-0.2, -0.15) is 0 Å². The average molecular weight is 319 g/mol. The van der Waals surface area contributed by atoms with E-state index in [1.54, 1.807) is 18.2 Å². The van der Waals surface area contributed by atoms with Crippen molar-refractivity contribution in [3.63, 3.8) is 0 Å². The van der Waals surface area contributed by atoms with Crippen LogP contribution in [0.25, 0.3) is 11.0 Å². The molecule has 0 aliphatic carbocycles. The van der Waals surface area contributed by atoms with E-state index in [9.17, 15) is 14.4 Å². The monoisotopic (exact) mass is 319 g/mol. The highest BCUT2D eigenvalue weighted by Crippen LogP contribution is 2.24. The first kappa shape index (κ1) is 16.5. The van der Waals surface area contributed by atoms with E-state index in [1.807, 2.05) is 12.2 Å². The zero-order valence-corrected chi connectivity index (χ0v) is 12.9. The van der Waals surface area contributed by atoms with Crippen LogP contribution in [0.3, 0.4) is 0 Å². The number of para-hydroxylation sites is 1. The molecule has 23 heavy (non-hydrogen) atoms. The van der Waals surface area contributed by atoms with Crippen LogP contribution in [-0.4, -0.2) is 25.7 Å². The Bertz CT molecular complexity index is 780. The maximum atomic E-state index is 12.0. The number of benzene rings is 1. The molecule has 122 valence electrons. The number of carbonyl (C=O) groups excluding carboxylic acids is 2. The Balaban J connectivity index is 2.22. The molecule has 7 heteroatoms. The molecule has 0 bridgehead atoms. The highest BCUT2D eigenvalue weighted by molar-refractivity contribution is 6.04. The minimum Gasteiger partial charge on any atom is -0.493 e. The minimum atomic E-state index is -0.895. The van der Waals surface area contributed by atoms with E-state index in [4.69, 9.17) is 13.9 Å². The number of methoxy groups -OCH3 is 1. The quantitative estimate of drug-likeness (QED) is 0.672. The maximum absolute atomic E-state index is 12.0. The molecule has 7 nitrogen and oxygen atoms in total. The Morgan fingerprint density at radius 1 is 1.30 bits per heavy atom. The predicted molar refractivity (Wildman–Crippen MR) is 82.8 cm³/mol. The lowest BCUT2D eigenvalue weighted by molar-refractivity contribution is 0.0915. The second-order valence-electron chi connectivity index (χ2n) is 4.77. The normalized spacial score (nSPS) is 10.3. The third-order valence-corrected chi connectivity index (χ3v) is 3.14. The van der Waals surface area contributed by atoms with Crippen LogP contribution in [0.2, 0.25) is 0 Å². The highest BCUT2D eigenvalue weighted by Gasteiger charge is 2.18. The smallest absolute Gasteiger partial charge is 0.414 e. The zero-order chi connectivity index (χ0) is 16.8. The number of hydrogen-bond acceptors (Lipinski definition) is 6.